The molecule has 1 aliphatic carbocycles. The van der Waals surface area contributed by atoms with E-state index in [1.165, 1.54) is 34.9 Å². The van der Waals surface area contributed by atoms with E-state index in [9.17, 15) is 4.79 Å². The Hall–Kier alpha value is -3.97. The van der Waals surface area contributed by atoms with E-state index in [1.807, 2.05) is 18.2 Å². The number of rotatable bonds is 11. The number of amides is 1. The topological polar surface area (TPSA) is 75.8 Å². The van der Waals surface area contributed by atoms with Crippen molar-refractivity contribution in [3.8, 4) is 17.2 Å². The molecule has 1 fully saturated rings. The number of H-pyrrole nitrogens is 1. The van der Waals surface area contributed by atoms with Crippen LogP contribution in [0.25, 0.3) is 10.9 Å². The first kappa shape index (κ1) is 28.2. The van der Waals surface area contributed by atoms with Gasteiger partial charge in [0.05, 0.1) is 26.7 Å². The lowest BCUT2D eigenvalue weighted by molar-refractivity contribution is -0.127. The standard InChI is InChI=1S/C35H41N3O4/c1-40-33-13-10-24(17-34(33)41-2)20-38-21-25(23-42-30-12-11-26-6-5-7-27(26)18-30)16-29(22-38)35(39)36-15-14-28-19-37-32-9-4-3-8-31(28)32/h3-4,8-13,17-19,25,29,37H,5-7,14-16,20-23H2,1-2H3,(H,36,39)/t25-,29+/m0/s1. The molecule has 0 bridgehead atoms. The first-order valence-corrected chi connectivity index (χ1v) is 15.1. The molecule has 1 aromatic heterocycles. The molecule has 3 aromatic carbocycles. The van der Waals surface area contributed by atoms with E-state index in [-0.39, 0.29) is 17.7 Å². The fourth-order valence-electron chi connectivity index (χ4n) is 6.63. The van der Waals surface area contributed by atoms with Crippen molar-refractivity contribution in [2.24, 2.45) is 11.8 Å². The van der Waals surface area contributed by atoms with E-state index < -0.39 is 0 Å². The Morgan fingerprint density at radius 2 is 1.83 bits per heavy atom. The zero-order valence-electron chi connectivity index (χ0n) is 24.7. The van der Waals surface area contributed by atoms with E-state index in [0.717, 1.165) is 54.9 Å². The van der Waals surface area contributed by atoms with Gasteiger partial charge in [-0.25, -0.2) is 0 Å². The first-order chi connectivity index (χ1) is 20.6. The molecular weight excluding hydrogens is 526 g/mol. The van der Waals surface area contributed by atoms with Gasteiger partial charge < -0.3 is 24.5 Å². The Morgan fingerprint density at radius 1 is 0.976 bits per heavy atom. The quantitative estimate of drug-likeness (QED) is 0.249. The molecule has 0 unspecified atom stereocenters. The lowest BCUT2D eigenvalue weighted by Gasteiger charge is -2.37. The Kier molecular flexibility index (Phi) is 8.65. The zero-order valence-corrected chi connectivity index (χ0v) is 24.7. The summed E-state index contributed by atoms with van der Waals surface area (Å²) < 4.78 is 17.3. The molecule has 0 spiro atoms. The molecule has 0 radical (unpaired) electrons. The summed E-state index contributed by atoms with van der Waals surface area (Å²) in [5.74, 6) is 2.64. The van der Waals surface area contributed by atoms with E-state index in [2.05, 4.69) is 63.9 Å². The predicted molar refractivity (Wildman–Crippen MR) is 165 cm³/mol. The van der Waals surface area contributed by atoms with Crippen LogP contribution in [0.3, 0.4) is 0 Å². The molecule has 6 rings (SSSR count). The van der Waals surface area contributed by atoms with Crippen LogP contribution in [0.4, 0.5) is 0 Å². The fraction of sp³-hybridized carbons (Fsp3) is 0.400. The molecule has 2 heterocycles. The second kappa shape index (κ2) is 12.9. The number of hydrogen-bond acceptors (Lipinski definition) is 5. The highest BCUT2D eigenvalue weighted by Crippen LogP contribution is 2.31. The number of aromatic nitrogens is 1. The van der Waals surface area contributed by atoms with Gasteiger partial charge in [0.25, 0.3) is 0 Å². The minimum atomic E-state index is -0.101. The summed E-state index contributed by atoms with van der Waals surface area (Å²) in [6.07, 6.45) is 7.18. The van der Waals surface area contributed by atoms with Crippen molar-refractivity contribution < 1.29 is 19.0 Å². The molecule has 1 saturated heterocycles. The number of para-hydroxylation sites is 1. The van der Waals surface area contributed by atoms with Gasteiger partial charge in [-0.15, -0.1) is 0 Å². The second-order valence-corrected chi connectivity index (χ2v) is 11.7. The SMILES string of the molecule is COc1ccc(CN2C[C@@H](COc3ccc4c(c3)CCC4)C[C@@H](C(=O)NCCc3c[nH]c4ccccc34)C2)cc1OC. The number of nitrogens with zero attached hydrogens (tertiary/aromatic N) is 1. The van der Waals surface area contributed by atoms with E-state index >= 15 is 0 Å². The van der Waals surface area contributed by atoms with Crippen molar-refractivity contribution in [1.82, 2.24) is 15.2 Å². The van der Waals surface area contributed by atoms with Crippen LogP contribution in [-0.4, -0.2) is 56.3 Å². The summed E-state index contributed by atoms with van der Waals surface area (Å²) in [4.78, 5) is 19.2. The van der Waals surface area contributed by atoms with Crippen molar-refractivity contribution in [3.05, 3.63) is 89.1 Å². The largest absolute Gasteiger partial charge is 0.493 e. The van der Waals surface area contributed by atoms with Crippen LogP contribution in [0, 0.1) is 11.8 Å². The van der Waals surface area contributed by atoms with E-state index in [4.69, 9.17) is 14.2 Å². The third-order valence-corrected chi connectivity index (χ3v) is 8.76. The molecule has 7 heteroatoms. The maximum atomic E-state index is 13.5. The first-order valence-electron chi connectivity index (χ1n) is 15.1. The average Bonchev–Trinajstić information content (AvgIpc) is 3.66. The van der Waals surface area contributed by atoms with Gasteiger partial charge in [0.15, 0.2) is 11.5 Å². The summed E-state index contributed by atoms with van der Waals surface area (Å²) in [7, 11) is 3.31. The number of carbonyl (C=O) groups is 1. The molecule has 2 aliphatic rings. The Labute approximate surface area is 248 Å². The number of hydrogen-bond donors (Lipinski definition) is 2. The fourth-order valence-corrected chi connectivity index (χ4v) is 6.63. The highest BCUT2D eigenvalue weighted by atomic mass is 16.5. The van der Waals surface area contributed by atoms with E-state index in [0.29, 0.717) is 25.4 Å². The third kappa shape index (κ3) is 6.41. The molecule has 1 amide bonds. The number of piperidine rings is 1. The number of ether oxygens (including phenoxy) is 3. The number of nitrogens with one attached hydrogen (secondary N) is 2. The van der Waals surface area contributed by atoms with Crippen LogP contribution in [0.2, 0.25) is 0 Å². The van der Waals surface area contributed by atoms with Crippen LogP contribution in [0.5, 0.6) is 17.2 Å². The average molecular weight is 568 g/mol. The molecule has 0 saturated carbocycles. The molecule has 42 heavy (non-hydrogen) atoms. The van der Waals surface area contributed by atoms with Crippen molar-refractivity contribution in [2.75, 3.05) is 40.5 Å². The number of benzene rings is 3. The Morgan fingerprint density at radius 3 is 2.71 bits per heavy atom. The van der Waals surface area contributed by atoms with Gasteiger partial charge in [0, 0.05) is 49.2 Å². The number of fused-ring (bicyclic) bond motifs is 2. The van der Waals surface area contributed by atoms with Gasteiger partial charge in [-0.1, -0.05) is 30.3 Å². The van der Waals surface area contributed by atoms with Crippen LogP contribution >= 0.6 is 0 Å². The van der Waals surface area contributed by atoms with Crippen molar-refractivity contribution in [1.29, 1.82) is 0 Å². The molecule has 7 nitrogen and oxygen atoms in total. The molecular formula is C35H41N3O4. The number of aromatic amines is 1. The minimum Gasteiger partial charge on any atom is -0.493 e. The van der Waals surface area contributed by atoms with Gasteiger partial charge >= 0.3 is 0 Å². The summed E-state index contributed by atoms with van der Waals surface area (Å²) >= 11 is 0. The summed E-state index contributed by atoms with van der Waals surface area (Å²) in [5.41, 5.74) is 6.35. The highest BCUT2D eigenvalue weighted by molar-refractivity contribution is 5.83. The predicted octanol–water partition coefficient (Wildman–Crippen LogP) is 5.55. The number of methoxy groups -OCH3 is 2. The lowest BCUT2D eigenvalue weighted by atomic mass is 9.88. The van der Waals surface area contributed by atoms with Gasteiger partial charge in [0.1, 0.15) is 5.75 Å². The molecule has 2 atom stereocenters. The Bertz CT molecular complexity index is 1530. The summed E-state index contributed by atoms with van der Waals surface area (Å²) in [6.45, 7) is 3.53. The van der Waals surface area contributed by atoms with Crippen molar-refractivity contribution in [2.45, 2.75) is 38.6 Å². The monoisotopic (exact) mass is 567 g/mol. The normalized spacial score (nSPS) is 18.5. The van der Waals surface area contributed by atoms with Gasteiger partial charge in [-0.2, -0.15) is 0 Å². The molecule has 1 aliphatic heterocycles. The molecule has 220 valence electrons. The summed E-state index contributed by atoms with van der Waals surface area (Å²) in [6, 6.07) is 20.9. The van der Waals surface area contributed by atoms with E-state index in [1.54, 1.807) is 14.2 Å². The highest BCUT2D eigenvalue weighted by Gasteiger charge is 2.32. The summed E-state index contributed by atoms with van der Waals surface area (Å²) in [5, 5.41) is 4.46. The van der Waals surface area contributed by atoms with Crippen LogP contribution < -0.4 is 19.5 Å². The van der Waals surface area contributed by atoms with Crippen LogP contribution in [-0.2, 0) is 30.6 Å². The van der Waals surface area contributed by atoms with Crippen LogP contribution in [0.1, 0.15) is 35.1 Å². The molecule has 4 aromatic rings. The Balaban J connectivity index is 1.12. The number of likely N-dealkylation sites (tertiary alicyclic amines) is 1. The number of aryl methyl sites for hydroxylation is 2. The van der Waals surface area contributed by atoms with Crippen molar-refractivity contribution >= 4 is 16.8 Å². The maximum Gasteiger partial charge on any atom is 0.224 e. The van der Waals surface area contributed by atoms with Gasteiger partial charge in [-0.3, -0.25) is 9.69 Å². The van der Waals surface area contributed by atoms with Gasteiger partial charge in [0.2, 0.25) is 5.91 Å². The zero-order chi connectivity index (χ0) is 28.9. The van der Waals surface area contributed by atoms with Gasteiger partial charge in [-0.05, 0) is 84.7 Å². The minimum absolute atomic E-state index is 0.101. The number of carbonyl (C=O) groups excluding carboxylic acids is 1. The molecule has 2 N–H and O–H groups in total. The van der Waals surface area contributed by atoms with Crippen LogP contribution in [0.15, 0.2) is 66.9 Å². The van der Waals surface area contributed by atoms with Crippen molar-refractivity contribution in [3.63, 3.8) is 0 Å². The maximum absolute atomic E-state index is 13.5. The third-order valence-electron chi connectivity index (χ3n) is 8.76. The second-order valence-electron chi connectivity index (χ2n) is 11.7. The lowest BCUT2D eigenvalue weighted by Crippen LogP contribution is -2.47. The smallest absolute Gasteiger partial charge is 0.224 e.